The van der Waals surface area contributed by atoms with Crippen LogP contribution >= 0.6 is 0 Å². The Hall–Kier alpha value is -3.20. The summed E-state index contributed by atoms with van der Waals surface area (Å²) >= 11 is 0. The molecule has 0 spiro atoms. The van der Waals surface area contributed by atoms with Crippen molar-refractivity contribution in [1.29, 1.82) is 0 Å². The number of amides is 3. The zero-order valence-corrected chi connectivity index (χ0v) is 17.0. The lowest BCUT2D eigenvalue weighted by molar-refractivity contribution is -0.117. The zero-order chi connectivity index (χ0) is 21.3. The molecule has 0 aromatic heterocycles. The van der Waals surface area contributed by atoms with Gasteiger partial charge < -0.3 is 10.2 Å². The molecule has 0 radical (unpaired) electrons. The summed E-state index contributed by atoms with van der Waals surface area (Å²) in [6, 6.07) is 13.1. The van der Waals surface area contributed by atoms with E-state index in [0.29, 0.717) is 18.7 Å². The monoisotopic (exact) mass is 427 g/mol. The van der Waals surface area contributed by atoms with E-state index in [9.17, 15) is 22.8 Å². The van der Waals surface area contributed by atoms with Crippen LogP contribution in [-0.4, -0.2) is 43.5 Å². The number of hydrogen-bond acceptors (Lipinski definition) is 5. The molecule has 2 aliphatic heterocycles. The summed E-state index contributed by atoms with van der Waals surface area (Å²) in [5.74, 6) is -0.736. The van der Waals surface area contributed by atoms with Gasteiger partial charge in [-0.25, -0.2) is 12.7 Å². The van der Waals surface area contributed by atoms with Crippen LogP contribution in [0.3, 0.4) is 0 Å². The molecule has 1 N–H and O–H groups in total. The van der Waals surface area contributed by atoms with E-state index in [1.54, 1.807) is 41.3 Å². The lowest BCUT2D eigenvalue weighted by Gasteiger charge is -2.16. The van der Waals surface area contributed by atoms with Gasteiger partial charge in [-0.1, -0.05) is 12.1 Å². The minimum absolute atomic E-state index is 0.0102. The van der Waals surface area contributed by atoms with E-state index >= 15 is 0 Å². The summed E-state index contributed by atoms with van der Waals surface area (Å²) in [4.78, 5) is 38.1. The Morgan fingerprint density at radius 3 is 2.43 bits per heavy atom. The predicted molar refractivity (Wildman–Crippen MR) is 111 cm³/mol. The number of hydrogen-bond donors (Lipinski definition) is 1. The molecule has 0 bridgehead atoms. The second kappa shape index (κ2) is 7.91. The van der Waals surface area contributed by atoms with Crippen molar-refractivity contribution in [3.8, 4) is 0 Å². The smallest absolute Gasteiger partial charge is 0.269 e. The van der Waals surface area contributed by atoms with Crippen molar-refractivity contribution in [2.45, 2.75) is 30.6 Å². The van der Waals surface area contributed by atoms with Gasteiger partial charge >= 0.3 is 0 Å². The molecule has 9 heteroatoms. The molecule has 1 saturated heterocycles. The lowest BCUT2D eigenvalue weighted by Crippen LogP contribution is -2.31. The van der Waals surface area contributed by atoms with Crippen molar-refractivity contribution in [2.75, 3.05) is 23.3 Å². The van der Waals surface area contributed by atoms with Gasteiger partial charge in [-0.05, 0) is 49.2 Å². The van der Waals surface area contributed by atoms with Crippen LogP contribution in [0.5, 0.6) is 0 Å². The SMILES string of the molecule is O=C(CCCN1C(=O)c2ccccc2S1(=O)=O)Nc1ccc(N2CCCC2=O)cc1. The van der Waals surface area contributed by atoms with Crippen LogP contribution in [0.1, 0.15) is 36.0 Å². The Labute approximate surface area is 174 Å². The minimum Gasteiger partial charge on any atom is -0.326 e. The first-order chi connectivity index (χ1) is 14.4. The van der Waals surface area contributed by atoms with Crippen molar-refractivity contribution in [3.05, 3.63) is 54.1 Å². The Morgan fingerprint density at radius 2 is 1.77 bits per heavy atom. The first-order valence-electron chi connectivity index (χ1n) is 9.74. The van der Waals surface area contributed by atoms with Gasteiger partial charge in [0.1, 0.15) is 4.90 Å². The summed E-state index contributed by atoms with van der Waals surface area (Å²) in [5.41, 5.74) is 1.55. The van der Waals surface area contributed by atoms with Crippen molar-refractivity contribution in [1.82, 2.24) is 4.31 Å². The number of sulfonamides is 1. The van der Waals surface area contributed by atoms with E-state index < -0.39 is 15.9 Å². The van der Waals surface area contributed by atoms with Gasteiger partial charge in [-0.3, -0.25) is 14.4 Å². The highest BCUT2D eigenvalue weighted by molar-refractivity contribution is 7.90. The number of benzene rings is 2. The molecule has 0 aliphatic carbocycles. The van der Waals surface area contributed by atoms with E-state index in [1.807, 2.05) is 0 Å². The lowest BCUT2D eigenvalue weighted by atomic mass is 10.2. The third kappa shape index (κ3) is 3.68. The molecule has 30 heavy (non-hydrogen) atoms. The number of fused-ring (bicyclic) bond motifs is 1. The van der Waals surface area contributed by atoms with E-state index in [4.69, 9.17) is 0 Å². The van der Waals surface area contributed by atoms with Gasteiger partial charge in [-0.2, -0.15) is 0 Å². The fourth-order valence-corrected chi connectivity index (χ4v) is 5.31. The number of carbonyl (C=O) groups excluding carboxylic acids is 3. The molecule has 0 saturated carbocycles. The van der Waals surface area contributed by atoms with Crippen molar-refractivity contribution < 1.29 is 22.8 Å². The number of nitrogens with one attached hydrogen (secondary N) is 1. The molecular formula is C21H21N3O5S. The predicted octanol–water partition coefficient (Wildman–Crippen LogP) is 2.38. The Balaban J connectivity index is 1.31. The van der Waals surface area contributed by atoms with E-state index in [2.05, 4.69) is 5.32 Å². The van der Waals surface area contributed by atoms with Gasteiger partial charge in [-0.15, -0.1) is 0 Å². The largest absolute Gasteiger partial charge is 0.326 e. The number of carbonyl (C=O) groups is 3. The standard InChI is InChI=1S/C21H21N3O5S/c25-19(22-15-9-11-16(12-10-15)23-13-4-8-20(23)26)7-3-14-24-21(27)17-5-1-2-6-18(17)30(24,28)29/h1-2,5-6,9-12H,3-4,7-8,13-14H2,(H,22,25). The van der Waals surface area contributed by atoms with Gasteiger partial charge in [0.05, 0.1) is 5.56 Å². The molecule has 1 fully saturated rings. The molecule has 4 rings (SSSR count). The molecule has 0 unspecified atom stereocenters. The number of anilines is 2. The summed E-state index contributed by atoms with van der Waals surface area (Å²) in [5, 5.41) is 2.75. The molecular weight excluding hydrogens is 406 g/mol. The van der Waals surface area contributed by atoms with Crippen LogP contribution < -0.4 is 10.2 Å². The average Bonchev–Trinajstić information content (AvgIpc) is 3.24. The highest BCUT2D eigenvalue weighted by Gasteiger charge is 2.40. The topological polar surface area (TPSA) is 104 Å². The Kier molecular flexibility index (Phi) is 5.29. The van der Waals surface area contributed by atoms with E-state index in [1.165, 1.54) is 12.1 Å². The molecule has 2 aromatic rings. The summed E-state index contributed by atoms with van der Waals surface area (Å²) in [6.45, 7) is 0.645. The first-order valence-corrected chi connectivity index (χ1v) is 11.2. The van der Waals surface area contributed by atoms with Crippen LogP contribution in [0.25, 0.3) is 0 Å². The highest BCUT2D eigenvalue weighted by Crippen LogP contribution is 2.30. The minimum atomic E-state index is -3.85. The molecule has 2 aliphatic rings. The number of rotatable bonds is 6. The maximum atomic E-state index is 12.5. The Morgan fingerprint density at radius 1 is 1.03 bits per heavy atom. The molecule has 156 valence electrons. The second-order valence-corrected chi connectivity index (χ2v) is 9.06. The first kappa shape index (κ1) is 20.1. The van der Waals surface area contributed by atoms with Gasteiger partial charge in [0.2, 0.25) is 11.8 Å². The van der Waals surface area contributed by atoms with E-state index in [-0.39, 0.29) is 41.7 Å². The third-order valence-corrected chi connectivity index (χ3v) is 7.05. The highest BCUT2D eigenvalue weighted by atomic mass is 32.2. The Bertz CT molecular complexity index is 1110. The van der Waals surface area contributed by atoms with Gasteiger partial charge in [0.25, 0.3) is 15.9 Å². The van der Waals surface area contributed by atoms with Crippen molar-refractivity contribution >= 4 is 39.1 Å². The second-order valence-electron chi connectivity index (χ2n) is 7.23. The maximum Gasteiger partial charge on any atom is 0.269 e. The normalized spacial score (nSPS) is 17.3. The van der Waals surface area contributed by atoms with Crippen LogP contribution in [0.2, 0.25) is 0 Å². The third-order valence-electron chi connectivity index (χ3n) is 5.21. The van der Waals surface area contributed by atoms with Crippen LogP contribution in [0.15, 0.2) is 53.4 Å². The zero-order valence-electron chi connectivity index (χ0n) is 16.2. The number of nitrogens with zero attached hydrogens (tertiary/aromatic N) is 2. The summed E-state index contributed by atoms with van der Waals surface area (Å²) < 4.78 is 25.8. The molecule has 2 aromatic carbocycles. The van der Waals surface area contributed by atoms with Crippen LogP contribution in [0, 0.1) is 0 Å². The van der Waals surface area contributed by atoms with Gasteiger partial charge in [0, 0.05) is 37.3 Å². The van der Waals surface area contributed by atoms with E-state index in [0.717, 1.165) is 16.4 Å². The summed E-state index contributed by atoms with van der Waals surface area (Å²) in [6.07, 6.45) is 1.68. The fourth-order valence-electron chi connectivity index (χ4n) is 3.70. The quantitative estimate of drug-likeness (QED) is 0.762. The fraction of sp³-hybridized carbons (Fsp3) is 0.286. The van der Waals surface area contributed by atoms with Crippen LogP contribution in [-0.2, 0) is 19.6 Å². The molecule has 3 amide bonds. The average molecular weight is 427 g/mol. The summed E-state index contributed by atoms with van der Waals surface area (Å²) in [7, 11) is -3.85. The van der Waals surface area contributed by atoms with Crippen LogP contribution in [0.4, 0.5) is 11.4 Å². The van der Waals surface area contributed by atoms with Crippen molar-refractivity contribution in [3.63, 3.8) is 0 Å². The molecule has 2 heterocycles. The molecule has 0 atom stereocenters. The molecule has 8 nitrogen and oxygen atoms in total. The maximum absolute atomic E-state index is 12.5. The van der Waals surface area contributed by atoms with Gasteiger partial charge in [0.15, 0.2) is 0 Å². The van der Waals surface area contributed by atoms with Crippen molar-refractivity contribution in [2.24, 2.45) is 0 Å².